The number of rotatable bonds is 3. The van der Waals surface area contributed by atoms with E-state index in [1.165, 1.54) is 0 Å². The number of carbonyl (C=O) groups excluding carboxylic acids is 1. The van der Waals surface area contributed by atoms with E-state index in [2.05, 4.69) is 10.3 Å². The molecule has 2 aromatic rings. The predicted octanol–water partition coefficient (Wildman–Crippen LogP) is 2.06. The number of aromatic nitrogens is 1. The number of anilines is 1. The maximum Gasteiger partial charge on any atom is 0.335 e. The van der Waals surface area contributed by atoms with Crippen LogP contribution in [0.3, 0.4) is 0 Å². The van der Waals surface area contributed by atoms with Gasteiger partial charge in [0, 0.05) is 31.3 Å². The van der Waals surface area contributed by atoms with E-state index >= 15 is 0 Å². The minimum atomic E-state index is -0.955. The Morgan fingerprint density at radius 2 is 2.04 bits per heavy atom. The van der Waals surface area contributed by atoms with Gasteiger partial charge in [0.05, 0.1) is 17.8 Å². The number of hydrogen-bond donors (Lipinski definition) is 2. The number of thiazole rings is 1. The van der Waals surface area contributed by atoms with Gasteiger partial charge in [0.1, 0.15) is 0 Å². The smallest absolute Gasteiger partial charge is 0.335 e. The highest BCUT2D eigenvalue weighted by atomic mass is 32.1. The highest BCUT2D eigenvalue weighted by molar-refractivity contribution is 7.15. The fourth-order valence-electron chi connectivity index (χ4n) is 2.60. The van der Waals surface area contributed by atoms with E-state index in [-0.39, 0.29) is 17.4 Å². The van der Waals surface area contributed by atoms with Crippen molar-refractivity contribution in [1.29, 1.82) is 0 Å². The van der Waals surface area contributed by atoms with Crippen LogP contribution in [0.25, 0.3) is 0 Å². The number of fused-ring (bicyclic) bond motifs is 1. The maximum absolute atomic E-state index is 12.0. The van der Waals surface area contributed by atoms with Gasteiger partial charge in [-0.2, -0.15) is 0 Å². The van der Waals surface area contributed by atoms with Crippen molar-refractivity contribution in [3.63, 3.8) is 0 Å². The van der Waals surface area contributed by atoms with E-state index in [0.717, 1.165) is 21.3 Å². The molecule has 1 unspecified atom stereocenters. The number of amides is 1. The van der Waals surface area contributed by atoms with Crippen LogP contribution in [0.1, 0.15) is 38.8 Å². The fraction of sp³-hybridized carbons (Fsp3) is 0.312. The Hall–Kier alpha value is -2.41. The SMILES string of the molecule is CN(C)c1nc2c(s1)C(c1ccc(C(=O)O)cc1)CC(=O)NC2. The highest BCUT2D eigenvalue weighted by Gasteiger charge is 2.28. The molecule has 3 rings (SSSR count). The molecule has 0 saturated heterocycles. The highest BCUT2D eigenvalue weighted by Crippen LogP contribution is 2.38. The molecule has 1 aliphatic heterocycles. The molecule has 1 aromatic heterocycles. The van der Waals surface area contributed by atoms with E-state index in [0.29, 0.717) is 13.0 Å². The molecule has 1 amide bonds. The normalized spacial score (nSPS) is 17.1. The van der Waals surface area contributed by atoms with Crippen LogP contribution in [0.5, 0.6) is 0 Å². The van der Waals surface area contributed by atoms with E-state index < -0.39 is 5.97 Å². The van der Waals surface area contributed by atoms with Crippen molar-refractivity contribution in [3.05, 3.63) is 46.0 Å². The van der Waals surface area contributed by atoms with Crippen molar-refractivity contribution in [1.82, 2.24) is 10.3 Å². The van der Waals surface area contributed by atoms with Gasteiger partial charge in [-0.05, 0) is 17.7 Å². The number of carbonyl (C=O) groups is 2. The average Bonchev–Trinajstić information content (AvgIpc) is 2.88. The third-order valence-electron chi connectivity index (χ3n) is 3.82. The van der Waals surface area contributed by atoms with Gasteiger partial charge < -0.3 is 15.3 Å². The van der Waals surface area contributed by atoms with E-state index in [4.69, 9.17) is 5.11 Å². The number of nitrogens with one attached hydrogen (secondary N) is 1. The summed E-state index contributed by atoms with van der Waals surface area (Å²) in [5.41, 5.74) is 2.06. The van der Waals surface area contributed by atoms with Crippen LogP contribution in [0.15, 0.2) is 24.3 Å². The number of aromatic carboxylic acids is 1. The Morgan fingerprint density at radius 1 is 1.35 bits per heavy atom. The number of hydrogen-bond acceptors (Lipinski definition) is 5. The molecule has 7 heteroatoms. The molecule has 1 aromatic carbocycles. The van der Waals surface area contributed by atoms with Crippen molar-refractivity contribution in [2.75, 3.05) is 19.0 Å². The first kappa shape index (κ1) is 15.5. The second-order valence-corrected chi connectivity index (χ2v) is 6.67. The Labute approximate surface area is 137 Å². The monoisotopic (exact) mass is 331 g/mol. The molecule has 0 bridgehead atoms. The molecule has 6 nitrogen and oxygen atoms in total. The van der Waals surface area contributed by atoms with Gasteiger partial charge in [-0.3, -0.25) is 4.79 Å². The van der Waals surface area contributed by atoms with Crippen LogP contribution in [-0.4, -0.2) is 36.1 Å². The molecule has 0 aliphatic carbocycles. The zero-order valence-electron chi connectivity index (χ0n) is 12.9. The van der Waals surface area contributed by atoms with Gasteiger partial charge in [-0.1, -0.05) is 12.1 Å². The summed E-state index contributed by atoms with van der Waals surface area (Å²) in [4.78, 5) is 30.6. The molecular formula is C16H17N3O3S. The average molecular weight is 331 g/mol. The molecule has 0 spiro atoms. The van der Waals surface area contributed by atoms with E-state index in [1.807, 2.05) is 19.0 Å². The first-order valence-corrected chi connectivity index (χ1v) is 8.04. The quantitative estimate of drug-likeness (QED) is 0.899. The first-order valence-electron chi connectivity index (χ1n) is 7.22. The number of nitrogens with zero attached hydrogens (tertiary/aromatic N) is 2. The Kier molecular flexibility index (Phi) is 4.04. The number of benzene rings is 1. The number of carboxylic acids is 1. The molecule has 1 atom stereocenters. The van der Waals surface area contributed by atoms with Gasteiger partial charge in [-0.15, -0.1) is 11.3 Å². The molecular weight excluding hydrogens is 314 g/mol. The maximum atomic E-state index is 12.0. The summed E-state index contributed by atoms with van der Waals surface area (Å²) >= 11 is 1.58. The molecule has 120 valence electrons. The van der Waals surface area contributed by atoms with Crippen molar-refractivity contribution in [2.45, 2.75) is 18.9 Å². The summed E-state index contributed by atoms with van der Waals surface area (Å²) in [6.07, 6.45) is 0.342. The predicted molar refractivity (Wildman–Crippen MR) is 88.1 cm³/mol. The van der Waals surface area contributed by atoms with E-state index in [9.17, 15) is 9.59 Å². The summed E-state index contributed by atoms with van der Waals surface area (Å²) in [7, 11) is 3.88. The zero-order chi connectivity index (χ0) is 16.6. The van der Waals surface area contributed by atoms with Crippen LogP contribution in [0.4, 0.5) is 5.13 Å². The Balaban J connectivity index is 2.02. The molecule has 0 radical (unpaired) electrons. The van der Waals surface area contributed by atoms with Crippen molar-refractivity contribution >= 4 is 28.3 Å². The van der Waals surface area contributed by atoms with Crippen LogP contribution >= 0.6 is 11.3 Å². The fourth-order valence-corrected chi connectivity index (χ4v) is 3.73. The summed E-state index contributed by atoms with van der Waals surface area (Å²) in [6, 6.07) is 6.72. The summed E-state index contributed by atoms with van der Waals surface area (Å²) in [5, 5.41) is 12.8. The van der Waals surface area contributed by atoms with Crippen molar-refractivity contribution in [3.8, 4) is 0 Å². The van der Waals surface area contributed by atoms with Gasteiger partial charge in [-0.25, -0.2) is 9.78 Å². The lowest BCUT2D eigenvalue weighted by Gasteiger charge is -2.14. The van der Waals surface area contributed by atoms with Gasteiger partial charge in [0.15, 0.2) is 5.13 Å². The summed E-state index contributed by atoms with van der Waals surface area (Å²) in [5.74, 6) is -1.07. The second-order valence-electron chi connectivity index (χ2n) is 5.66. The molecule has 23 heavy (non-hydrogen) atoms. The van der Waals surface area contributed by atoms with Crippen LogP contribution in [0.2, 0.25) is 0 Å². The van der Waals surface area contributed by atoms with Gasteiger partial charge >= 0.3 is 5.97 Å². The van der Waals surface area contributed by atoms with Crippen LogP contribution < -0.4 is 10.2 Å². The standard InChI is InChI=1S/C16H17N3O3S/c1-19(2)16-18-12-8-17-13(20)7-11(14(12)23-16)9-3-5-10(6-4-9)15(21)22/h3-6,11H,7-8H2,1-2H3,(H,17,20)(H,21,22). The van der Waals surface area contributed by atoms with Crippen LogP contribution in [-0.2, 0) is 11.3 Å². The molecule has 2 N–H and O–H groups in total. The Morgan fingerprint density at radius 3 is 2.65 bits per heavy atom. The lowest BCUT2D eigenvalue weighted by atomic mass is 9.93. The summed E-state index contributed by atoms with van der Waals surface area (Å²) in [6.45, 7) is 0.433. The minimum Gasteiger partial charge on any atom is -0.478 e. The van der Waals surface area contributed by atoms with Gasteiger partial charge in [0.25, 0.3) is 0 Å². The lowest BCUT2D eigenvalue weighted by molar-refractivity contribution is -0.121. The van der Waals surface area contributed by atoms with E-state index in [1.54, 1.807) is 35.6 Å². The largest absolute Gasteiger partial charge is 0.478 e. The van der Waals surface area contributed by atoms with Crippen molar-refractivity contribution < 1.29 is 14.7 Å². The zero-order valence-corrected chi connectivity index (χ0v) is 13.7. The molecule has 1 aliphatic rings. The third-order valence-corrected chi connectivity index (χ3v) is 5.20. The Bertz CT molecular complexity index is 752. The third kappa shape index (κ3) is 3.05. The first-order chi connectivity index (χ1) is 11.0. The van der Waals surface area contributed by atoms with Crippen molar-refractivity contribution in [2.24, 2.45) is 0 Å². The van der Waals surface area contributed by atoms with Crippen LogP contribution in [0, 0.1) is 0 Å². The van der Waals surface area contributed by atoms with Gasteiger partial charge in [0.2, 0.25) is 5.91 Å². The second kappa shape index (κ2) is 6.00. The summed E-state index contributed by atoms with van der Waals surface area (Å²) < 4.78 is 0. The number of carboxylic acid groups (broad SMARTS) is 1. The molecule has 0 fully saturated rings. The lowest BCUT2D eigenvalue weighted by Crippen LogP contribution is -2.21. The molecule has 0 saturated carbocycles. The topological polar surface area (TPSA) is 82.5 Å². The minimum absolute atomic E-state index is 0.0195. The molecule has 2 heterocycles.